The number of hydrazone groups is 1. The van der Waals surface area contributed by atoms with Gasteiger partial charge in [0.2, 0.25) is 0 Å². The second-order valence-electron chi connectivity index (χ2n) is 8.19. The van der Waals surface area contributed by atoms with E-state index in [0.717, 1.165) is 55.3 Å². The minimum absolute atomic E-state index is 0.0336. The first-order valence-electron chi connectivity index (χ1n) is 11.2. The van der Waals surface area contributed by atoms with Gasteiger partial charge in [-0.15, -0.1) is 0 Å². The molecule has 7 heteroatoms. The molecule has 1 fully saturated rings. The van der Waals surface area contributed by atoms with Crippen LogP contribution >= 0.6 is 0 Å². The summed E-state index contributed by atoms with van der Waals surface area (Å²) in [6, 6.07) is 15.7. The number of ether oxygens (including phenoxy) is 2. The van der Waals surface area contributed by atoms with E-state index in [1.807, 2.05) is 36.4 Å². The van der Waals surface area contributed by atoms with E-state index in [2.05, 4.69) is 28.9 Å². The van der Waals surface area contributed by atoms with E-state index >= 15 is 0 Å². The third-order valence-electron chi connectivity index (χ3n) is 6.34. The fraction of sp³-hybridized carbons (Fsp3) is 0.440. The second-order valence-corrected chi connectivity index (χ2v) is 8.19. The van der Waals surface area contributed by atoms with Crippen molar-refractivity contribution in [1.29, 1.82) is 0 Å². The molecule has 2 aliphatic rings. The molecular formula is C25H32N4O3. The van der Waals surface area contributed by atoms with E-state index in [1.54, 1.807) is 19.2 Å². The second kappa shape index (κ2) is 10.1. The molecule has 0 spiro atoms. The van der Waals surface area contributed by atoms with Crippen LogP contribution in [0.1, 0.15) is 30.5 Å². The van der Waals surface area contributed by atoms with Crippen LogP contribution in [0.15, 0.2) is 53.6 Å². The summed E-state index contributed by atoms with van der Waals surface area (Å²) in [5, 5.41) is 6.50. The van der Waals surface area contributed by atoms with E-state index in [0.29, 0.717) is 18.7 Å². The maximum atomic E-state index is 13.4. The van der Waals surface area contributed by atoms with Crippen molar-refractivity contribution >= 4 is 11.6 Å². The van der Waals surface area contributed by atoms with Crippen molar-refractivity contribution in [1.82, 2.24) is 14.8 Å². The zero-order chi connectivity index (χ0) is 22.5. The van der Waals surface area contributed by atoms with Crippen LogP contribution in [0, 0.1) is 0 Å². The molecular weight excluding hydrogens is 404 g/mol. The Bertz CT molecular complexity index is 955. The molecule has 0 radical (unpaired) electrons. The van der Waals surface area contributed by atoms with Crippen molar-refractivity contribution in [2.24, 2.45) is 5.10 Å². The van der Waals surface area contributed by atoms with Gasteiger partial charge in [0, 0.05) is 44.2 Å². The van der Waals surface area contributed by atoms with E-state index in [1.165, 1.54) is 0 Å². The number of hydrogen-bond acceptors (Lipinski definition) is 6. The number of piperazine rings is 1. The Balaban J connectivity index is 1.58. The van der Waals surface area contributed by atoms with Crippen LogP contribution < -0.4 is 9.47 Å². The largest absolute Gasteiger partial charge is 0.497 e. The SMILES string of the molecule is CCN1CCN(CC(=O)N2N=C(c3ccc(OC)cc3OC)C[C@@H]2c2ccccc2)CC1. The number of rotatable bonds is 7. The van der Waals surface area contributed by atoms with Crippen molar-refractivity contribution in [2.45, 2.75) is 19.4 Å². The first-order chi connectivity index (χ1) is 15.6. The van der Waals surface area contributed by atoms with Crippen molar-refractivity contribution < 1.29 is 14.3 Å². The summed E-state index contributed by atoms with van der Waals surface area (Å²) in [6.45, 7) is 7.45. The molecule has 0 aromatic heterocycles. The van der Waals surface area contributed by atoms with Crippen LogP contribution in [0.4, 0.5) is 0 Å². The molecule has 4 rings (SSSR count). The number of hydrogen-bond donors (Lipinski definition) is 0. The molecule has 2 heterocycles. The molecule has 2 aliphatic heterocycles. The minimum atomic E-state index is -0.123. The number of carbonyl (C=O) groups excluding carboxylic acids is 1. The summed E-state index contributed by atoms with van der Waals surface area (Å²) in [5.41, 5.74) is 2.83. The van der Waals surface area contributed by atoms with Gasteiger partial charge in [-0.25, -0.2) is 5.01 Å². The number of amides is 1. The fourth-order valence-electron chi connectivity index (χ4n) is 4.40. The van der Waals surface area contributed by atoms with Gasteiger partial charge in [0.05, 0.1) is 32.5 Å². The van der Waals surface area contributed by atoms with E-state index in [-0.39, 0.29) is 11.9 Å². The molecule has 0 saturated carbocycles. The Kier molecular flexibility index (Phi) is 7.07. The van der Waals surface area contributed by atoms with Gasteiger partial charge in [-0.1, -0.05) is 37.3 Å². The maximum absolute atomic E-state index is 13.4. The standard InChI is InChI=1S/C25H32N4O3/c1-4-27-12-14-28(15-13-27)18-25(30)29-23(19-8-6-5-7-9-19)17-22(26-29)21-11-10-20(31-2)16-24(21)32-3/h5-11,16,23H,4,12-15,17-18H2,1-3H3/t23-/m1/s1. The Hall–Kier alpha value is -2.90. The quantitative estimate of drug-likeness (QED) is 0.668. The average Bonchev–Trinajstić information content (AvgIpc) is 3.30. The molecule has 0 bridgehead atoms. The normalized spacial score (nSPS) is 19.7. The van der Waals surface area contributed by atoms with E-state index < -0.39 is 0 Å². The number of carbonyl (C=O) groups is 1. The van der Waals surface area contributed by atoms with E-state index in [9.17, 15) is 4.79 Å². The lowest BCUT2D eigenvalue weighted by Gasteiger charge is -2.34. The van der Waals surface area contributed by atoms with Gasteiger partial charge in [0.15, 0.2) is 0 Å². The van der Waals surface area contributed by atoms with Crippen molar-refractivity contribution in [2.75, 3.05) is 53.5 Å². The Morgan fingerprint density at radius 1 is 1.00 bits per heavy atom. The van der Waals surface area contributed by atoms with Gasteiger partial charge in [0.25, 0.3) is 5.91 Å². The predicted octanol–water partition coefficient (Wildman–Crippen LogP) is 3.02. The lowest BCUT2D eigenvalue weighted by Crippen LogP contribution is -2.49. The van der Waals surface area contributed by atoms with Crippen LogP contribution in [0.3, 0.4) is 0 Å². The number of benzene rings is 2. The molecule has 2 aromatic rings. The molecule has 0 N–H and O–H groups in total. The molecule has 170 valence electrons. The third-order valence-corrected chi connectivity index (χ3v) is 6.34. The first kappa shape index (κ1) is 22.3. The van der Waals surface area contributed by atoms with Crippen molar-refractivity contribution in [3.8, 4) is 11.5 Å². The maximum Gasteiger partial charge on any atom is 0.257 e. The fourth-order valence-corrected chi connectivity index (χ4v) is 4.40. The van der Waals surface area contributed by atoms with Gasteiger partial charge < -0.3 is 14.4 Å². The summed E-state index contributed by atoms with van der Waals surface area (Å²) in [7, 11) is 3.27. The lowest BCUT2D eigenvalue weighted by molar-refractivity contribution is -0.134. The van der Waals surface area contributed by atoms with Crippen LogP contribution in [-0.2, 0) is 4.79 Å². The van der Waals surface area contributed by atoms with Crippen LogP contribution in [0.5, 0.6) is 11.5 Å². The van der Waals surface area contributed by atoms with Gasteiger partial charge in [-0.05, 0) is 24.2 Å². The molecule has 32 heavy (non-hydrogen) atoms. The summed E-state index contributed by atoms with van der Waals surface area (Å²) >= 11 is 0. The van der Waals surface area contributed by atoms with Gasteiger partial charge in [-0.2, -0.15) is 5.10 Å². The molecule has 2 aromatic carbocycles. The summed E-state index contributed by atoms with van der Waals surface area (Å²) in [4.78, 5) is 18.0. The summed E-state index contributed by atoms with van der Waals surface area (Å²) in [6.07, 6.45) is 0.641. The smallest absolute Gasteiger partial charge is 0.257 e. The highest BCUT2D eigenvalue weighted by atomic mass is 16.5. The number of nitrogens with zero attached hydrogens (tertiary/aromatic N) is 4. The third kappa shape index (κ3) is 4.79. The topological polar surface area (TPSA) is 57.6 Å². The molecule has 0 aliphatic carbocycles. The highest BCUT2D eigenvalue weighted by molar-refractivity contribution is 6.05. The first-order valence-corrected chi connectivity index (χ1v) is 11.2. The Labute approximate surface area is 190 Å². The van der Waals surface area contributed by atoms with Crippen molar-refractivity contribution in [3.05, 3.63) is 59.7 Å². The number of methoxy groups -OCH3 is 2. The summed E-state index contributed by atoms with van der Waals surface area (Å²) in [5.74, 6) is 1.45. The Morgan fingerprint density at radius 2 is 1.72 bits per heavy atom. The number of likely N-dealkylation sites (N-methyl/N-ethyl adjacent to an activating group) is 1. The van der Waals surface area contributed by atoms with Crippen LogP contribution in [-0.4, -0.2) is 79.9 Å². The lowest BCUT2D eigenvalue weighted by atomic mass is 9.98. The Morgan fingerprint density at radius 3 is 2.38 bits per heavy atom. The van der Waals surface area contributed by atoms with E-state index in [4.69, 9.17) is 14.6 Å². The van der Waals surface area contributed by atoms with Gasteiger partial charge in [0.1, 0.15) is 11.5 Å². The highest BCUT2D eigenvalue weighted by Gasteiger charge is 2.35. The van der Waals surface area contributed by atoms with Gasteiger partial charge >= 0.3 is 0 Å². The molecule has 7 nitrogen and oxygen atoms in total. The van der Waals surface area contributed by atoms with Crippen LogP contribution in [0.25, 0.3) is 0 Å². The molecule has 1 amide bonds. The van der Waals surface area contributed by atoms with Crippen LogP contribution in [0.2, 0.25) is 0 Å². The van der Waals surface area contributed by atoms with Gasteiger partial charge in [-0.3, -0.25) is 9.69 Å². The zero-order valence-corrected chi connectivity index (χ0v) is 19.2. The summed E-state index contributed by atoms with van der Waals surface area (Å²) < 4.78 is 10.9. The predicted molar refractivity (Wildman–Crippen MR) is 125 cm³/mol. The monoisotopic (exact) mass is 436 g/mol. The van der Waals surface area contributed by atoms with Crippen molar-refractivity contribution in [3.63, 3.8) is 0 Å². The average molecular weight is 437 g/mol. The zero-order valence-electron chi connectivity index (χ0n) is 19.2. The highest BCUT2D eigenvalue weighted by Crippen LogP contribution is 2.36. The molecule has 1 atom stereocenters. The minimum Gasteiger partial charge on any atom is -0.497 e. The molecule has 1 saturated heterocycles. The molecule has 0 unspecified atom stereocenters.